The Bertz CT molecular complexity index is 1130. The van der Waals surface area contributed by atoms with Crippen molar-refractivity contribution in [3.8, 4) is 11.4 Å². The second-order valence-corrected chi connectivity index (χ2v) is 6.62. The van der Waals surface area contributed by atoms with E-state index >= 15 is 0 Å². The summed E-state index contributed by atoms with van der Waals surface area (Å²) in [4.78, 5) is 19.7. The highest BCUT2D eigenvalue weighted by molar-refractivity contribution is 6.35. The fraction of sp³-hybridized carbons (Fsp3) is 0.211. The van der Waals surface area contributed by atoms with Crippen molar-refractivity contribution in [3.63, 3.8) is 0 Å². The van der Waals surface area contributed by atoms with Crippen LogP contribution in [0.5, 0.6) is 0 Å². The highest BCUT2D eigenvalue weighted by atomic mass is 35.5. The van der Waals surface area contributed by atoms with E-state index in [1.807, 2.05) is 0 Å². The molecule has 6 nitrogen and oxygen atoms in total. The molecule has 0 radical (unpaired) electrons. The molecule has 2 aromatic heterocycles. The Balaban J connectivity index is 2.18. The van der Waals surface area contributed by atoms with Gasteiger partial charge in [-0.05, 0) is 30.3 Å². The van der Waals surface area contributed by atoms with Crippen molar-refractivity contribution in [3.05, 3.63) is 64.2 Å². The first kappa shape index (κ1) is 23.4. The summed E-state index contributed by atoms with van der Waals surface area (Å²) in [5.74, 6) is -1.61. The number of hydrogen-bond acceptors (Lipinski definition) is 6. The average molecular weight is 480 g/mol. The Morgan fingerprint density at radius 1 is 1.12 bits per heavy atom. The smallest absolute Gasteiger partial charge is 0.417 e. The van der Waals surface area contributed by atoms with Crippen molar-refractivity contribution in [2.45, 2.75) is 18.9 Å². The number of esters is 1. The van der Waals surface area contributed by atoms with Gasteiger partial charge in [-0.2, -0.15) is 26.3 Å². The molecule has 0 atom stereocenters. The lowest BCUT2D eigenvalue weighted by atomic mass is 10.0. The monoisotopic (exact) mass is 479 g/mol. The van der Waals surface area contributed by atoms with Crippen molar-refractivity contribution in [1.29, 1.82) is 0 Å². The molecule has 0 saturated heterocycles. The Morgan fingerprint density at radius 2 is 1.84 bits per heavy atom. The molecule has 32 heavy (non-hydrogen) atoms. The van der Waals surface area contributed by atoms with Gasteiger partial charge >= 0.3 is 18.3 Å². The van der Waals surface area contributed by atoms with Crippen molar-refractivity contribution in [2.24, 2.45) is 0 Å². The molecule has 0 aliphatic rings. The van der Waals surface area contributed by atoms with Gasteiger partial charge in [-0.25, -0.2) is 14.8 Å². The average Bonchev–Trinajstić information content (AvgIpc) is 3.24. The lowest BCUT2D eigenvalue weighted by molar-refractivity contribution is -0.142. The lowest BCUT2D eigenvalue weighted by Gasteiger charge is -2.17. The van der Waals surface area contributed by atoms with Gasteiger partial charge < -0.3 is 14.5 Å². The summed E-state index contributed by atoms with van der Waals surface area (Å²) in [6, 6.07) is 4.15. The molecule has 0 amide bonds. The summed E-state index contributed by atoms with van der Waals surface area (Å²) < 4.78 is 89.3. The lowest BCUT2D eigenvalue weighted by Crippen LogP contribution is -2.15. The fourth-order valence-electron chi connectivity index (χ4n) is 2.65. The number of ether oxygens (including phenoxy) is 1. The van der Waals surface area contributed by atoms with Gasteiger partial charge in [0.15, 0.2) is 11.5 Å². The SMILES string of the molecule is COC(=O)c1nc(-c2ccc(C(F)(F)F)cc2C(F)(F)F)nc(NCc2ccco2)c1Cl. The number of methoxy groups -OCH3 is 1. The first-order chi connectivity index (χ1) is 14.9. The highest BCUT2D eigenvalue weighted by Crippen LogP contribution is 2.41. The van der Waals surface area contributed by atoms with Gasteiger partial charge in [-0.3, -0.25) is 0 Å². The standard InChI is InChI=1S/C19H12ClF6N3O3/c1-31-17(30)14-13(20)16(27-8-10-3-2-6-32-10)29-15(28-14)11-5-4-9(18(21,22)23)7-12(11)19(24,25)26/h2-7H,8H2,1H3,(H,27,28,29). The first-order valence-corrected chi connectivity index (χ1v) is 9.00. The molecule has 1 N–H and O–H groups in total. The van der Waals surface area contributed by atoms with Gasteiger partial charge in [0.2, 0.25) is 0 Å². The molecule has 3 rings (SSSR count). The number of halogens is 7. The molecular formula is C19H12ClF6N3O3. The summed E-state index contributed by atoms with van der Waals surface area (Å²) in [6.45, 7) is -0.0110. The molecular weight excluding hydrogens is 468 g/mol. The Kier molecular flexibility index (Phi) is 6.35. The van der Waals surface area contributed by atoms with E-state index in [9.17, 15) is 31.1 Å². The zero-order valence-corrected chi connectivity index (χ0v) is 16.7. The van der Waals surface area contributed by atoms with E-state index in [0.29, 0.717) is 17.9 Å². The largest absolute Gasteiger partial charge is 0.467 e. The Labute approximate surface area is 181 Å². The highest BCUT2D eigenvalue weighted by Gasteiger charge is 2.39. The van der Waals surface area contributed by atoms with Gasteiger partial charge in [-0.1, -0.05) is 11.6 Å². The van der Waals surface area contributed by atoms with Crippen molar-refractivity contribution in [1.82, 2.24) is 9.97 Å². The van der Waals surface area contributed by atoms with Crippen molar-refractivity contribution >= 4 is 23.4 Å². The van der Waals surface area contributed by atoms with Crippen LogP contribution in [0.1, 0.15) is 27.4 Å². The number of carbonyl (C=O) groups is 1. The molecule has 170 valence electrons. The van der Waals surface area contributed by atoms with Crippen LogP contribution in [0.4, 0.5) is 32.2 Å². The first-order valence-electron chi connectivity index (χ1n) is 8.62. The van der Waals surface area contributed by atoms with E-state index in [1.54, 1.807) is 12.1 Å². The van der Waals surface area contributed by atoms with E-state index in [1.165, 1.54) is 6.26 Å². The van der Waals surface area contributed by atoms with Crippen LogP contribution in [0, 0.1) is 0 Å². The number of nitrogens with one attached hydrogen (secondary N) is 1. The number of alkyl halides is 6. The number of aromatic nitrogens is 2. The summed E-state index contributed by atoms with van der Waals surface area (Å²) in [6.07, 6.45) is -8.80. The van der Waals surface area contributed by atoms with Crippen molar-refractivity contribution < 1.29 is 40.3 Å². The van der Waals surface area contributed by atoms with Crippen LogP contribution in [-0.4, -0.2) is 23.0 Å². The van der Waals surface area contributed by atoms with E-state index < -0.39 is 46.5 Å². The summed E-state index contributed by atoms with van der Waals surface area (Å²) in [7, 11) is 0.996. The van der Waals surface area contributed by atoms with E-state index in [2.05, 4.69) is 20.0 Å². The molecule has 0 bridgehead atoms. The predicted octanol–water partition coefficient (Wildman–Crippen LogP) is 5.83. The zero-order chi connectivity index (χ0) is 23.7. The van der Waals surface area contributed by atoms with Crippen molar-refractivity contribution in [2.75, 3.05) is 12.4 Å². The quantitative estimate of drug-likeness (QED) is 0.367. The number of benzene rings is 1. The number of hydrogen-bond donors (Lipinski definition) is 1. The van der Waals surface area contributed by atoms with Crippen LogP contribution in [0.15, 0.2) is 41.0 Å². The number of anilines is 1. The number of carbonyl (C=O) groups excluding carboxylic acids is 1. The Morgan fingerprint density at radius 3 is 2.41 bits per heavy atom. The van der Waals surface area contributed by atoms with E-state index in [4.69, 9.17) is 16.0 Å². The molecule has 0 aliphatic heterocycles. The molecule has 3 aromatic rings. The third-order valence-corrected chi connectivity index (χ3v) is 4.49. The molecule has 2 heterocycles. The number of nitrogens with zero attached hydrogens (tertiary/aromatic N) is 2. The molecule has 1 aromatic carbocycles. The van der Waals surface area contributed by atoms with E-state index in [0.717, 1.165) is 7.11 Å². The van der Waals surface area contributed by atoms with Gasteiger partial charge in [-0.15, -0.1) is 0 Å². The van der Waals surface area contributed by atoms with Crippen LogP contribution >= 0.6 is 11.6 Å². The molecule has 0 fully saturated rings. The molecule has 0 saturated carbocycles. The van der Waals surface area contributed by atoms with Crippen LogP contribution in [-0.2, 0) is 23.6 Å². The fourth-order valence-corrected chi connectivity index (χ4v) is 2.88. The second kappa shape index (κ2) is 8.69. The van der Waals surface area contributed by atoms with Gasteiger partial charge in [0.25, 0.3) is 0 Å². The van der Waals surface area contributed by atoms with Crippen LogP contribution in [0.3, 0.4) is 0 Å². The normalized spacial score (nSPS) is 12.0. The summed E-state index contributed by atoms with van der Waals surface area (Å²) in [5, 5.41) is 2.34. The zero-order valence-electron chi connectivity index (χ0n) is 15.9. The molecule has 0 spiro atoms. The summed E-state index contributed by atoms with van der Waals surface area (Å²) >= 11 is 6.11. The maximum absolute atomic E-state index is 13.6. The maximum atomic E-state index is 13.6. The maximum Gasteiger partial charge on any atom is 0.417 e. The predicted molar refractivity (Wildman–Crippen MR) is 99.9 cm³/mol. The minimum absolute atomic E-state index is 0.0110. The minimum atomic E-state index is -5.17. The van der Waals surface area contributed by atoms with Gasteiger partial charge in [0.1, 0.15) is 16.6 Å². The molecule has 0 unspecified atom stereocenters. The minimum Gasteiger partial charge on any atom is -0.467 e. The molecule has 13 heteroatoms. The molecule has 0 aliphatic carbocycles. The van der Waals surface area contributed by atoms with E-state index in [-0.39, 0.29) is 23.5 Å². The number of furan rings is 1. The topological polar surface area (TPSA) is 77.2 Å². The number of rotatable bonds is 5. The summed E-state index contributed by atoms with van der Waals surface area (Å²) in [5.41, 5.74) is -4.50. The van der Waals surface area contributed by atoms with Crippen LogP contribution < -0.4 is 5.32 Å². The van der Waals surface area contributed by atoms with Crippen LogP contribution in [0.2, 0.25) is 5.02 Å². The van der Waals surface area contributed by atoms with Crippen LogP contribution in [0.25, 0.3) is 11.4 Å². The third kappa shape index (κ3) is 4.96. The Hall–Kier alpha value is -3.28. The van der Waals surface area contributed by atoms with Gasteiger partial charge in [0, 0.05) is 5.56 Å². The van der Waals surface area contributed by atoms with Gasteiger partial charge in [0.05, 0.1) is 31.0 Å². The second-order valence-electron chi connectivity index (χ2n) is 6.24. The third-order valence-electron chi connectivity index (χ3n) is 4.13.